The number of aliphatic hydroxyl groups excluding tert-OH is 2. The second-order valence-corrected chi connectivity index (χ2v) is 7.64. The van der Waals surface area contributed by atoms with E-state index in [9.17, 15) is 15.0 Å². The van der Waals surface area contributed by atoms with Gasteiger partial charge >= 0.3 is 0 Å². The molecule has 2 rings (SSSR count). The second-order valence-electron chi connectivity index (χ2n) is 7.64. The van der Waals surface area contributed by atoms with E-state index in [0.29, 0.717) is 5.69 Å². The monoisotopic (exact) mass is 392 g/mol. The van der Waals surface area contributed by atoms with Crippen molar-refractivity contribution in [1.82, 2.24) is 9.97 Å². The molecular formula is C19H28N4O5. The number of aromatic amines is 1. The lowest BCUT2D eigenvalue weighted by Crippen LogP contribution is -2.46. The Hall–Kier alpha value is -2.49. The molecule has 0 saturated heterocycles. The molecule has 0 spiro atoms. The molecule has 0 bridgehead atoms. The molecule has 0 aliphatic carbocycles. The van der Waals surface area contributed by atoms with Crippen molar-refractivity contribution in [3.8, 4) is 0 Å². The smallest absolute Gasteiger partial charge is 0.265 e. The summed E-state index contributed by atoms with van der Waals surface area (Å²) in [6, 6.07) is 5.27. The van der Waals surface area contributed by atoms with E-state index in [4.69, 9.17) is 9.57 Å². The number of anilines is 1. The van der Waals surface area contributed by atoms with Crippen LogP contribution >= 0.6 is 0 Å². The maximum atomic E-state index is 12.1. The number of oxime groups is 1. The van der Waals surface area contributed by atoms with Crippen LogP contribution in [0.5, 0.6) is 0 Å². The van der Waals surface area contributed by atoms with Gasteiger partial charge < -0.3 is 30.1 Å². The second kappa shape index (κ2) is 9.13. The molecule has 3 atom stereocenters. The highest BCUT2D eigenvalue weighted by atomic mass is 16.6. The Bertz CT molecular complexity index is 825. The van der Waals surface area contributed by atoms with Gasteiger partial charge in [0.1, 0.15) is 17.9 Å². The topological polar surface area (TPSA) is 129 Å². The Morgan fingerprint density at radius 1 is 1.36 bits per heavy atom. The highest BCUT2D eigenvalue weighted by Gasteiger charge is 2.35. The van der Waals surface area contributed by atoms with Crippen molar-refractivity contribution in [2.24, 2.45) is 10.6 Å². The minimum Gasteiger partial charge on any atom is -0.390 e. The highest BCUT2D eigenvalue weighted by Crippen LogP contribution is 2.25. The largest absolute Gasteiger partial charge is 0.390 e. The summed E-state index contributed by atoms with van der Waals surface area (Å²) >= 11 is 0. The summed E-state index contributed by atoms with van der Waals surface area (Å²) in [6.07, 6.45) is -1.39. The fourth-order valence-corrected chi connectivity index (χ4v) is 2.80. The van der Waals surface area contributed by atoms with Gasteiger partial charge in [0.15, 0.2) is 6.61 Å². The number of ether oxygens (including phenoxy) is 1. The van der Waals surface area contributed by atoms with E-state index in [2.05, 4.69) is 20.4 Å². The van der Waals surface area contributed by atoms with E-state index < -0.39 is 29.6 Å². The van der Waals surface area contributed by atoms with Crippen molar-refractivity contribution < 1.29 is 24.6 Å². The number of methoxy groups -OCH3 is 1. The molecule has 0 aliphatic rings. The summed E-state index contributed by atoms with van der Waals surface area (Å²) in [5.41, 5.74) is 1.89. The minimum atomic E-state index is -1.28. The van der Waals surface area contributed by atoms with Crippen LogP contribution in [0.3, 0.4) is 0 Å². The number of fused-ring (bicyclic) bond motifs is 1. The molecule has 4 N–H and O–H groups in total. The van der Waals surface area contributed by atoms with Crippen LogP contribution in [-0.4, -0.2) is 63.8 Å². The van der Waals surface area contributed by atoms with Gasteiger partial charge in [0.25, 0.3) is 5.91 Å². The highest BCUT2D eigenvalue weighted by molar-refractivity contribution is 5.95. The number of aliphatic hydroxyl groups is 2. The maximum absolute atomic E-state index is 12.1. The number of carbonyl (C=O) groups excluding carboxylic acids is 1. The van der Waals surface area contributed by atoms with E-state index >= 15 is 0 Å². The number of hydrogen-bond donors (Lipinski definition) is 4. The Morgan fingerprint density at radius 2 is 2.07 bits per heavy atom. The third-order valence-electron chi connectivity index (χ3n) is 4.12. The number of nitrogens with zero attached hydrogens (tertiary/aromatic N) is 2. The SMILES string of the molecule is CO[C@H](/C(=N/OCC(=O)Nc1ccc2nc[nH]c2c1)[C@@H](O)[C@@H](C)O)C(C)(C)C. The Labute approximate surface area is 163 Å². The first-order chi connectivity index (χ1) is 13.1. The predicted molar refractivity (Wildman–Crippen MR) is 106 cm³/mol. The van der Waals surface area contributed by atoms with E-state index in [1.807, 2.05) is 20.8 Å². The van der Waals surface area contributed by atoms with Crippen LogP contribution in [-0.2, 0) is 14.4 Å². The fraction of sp³-hybridized carbons (Fsp3) is 0.526. The summed E-state index contributed by atoms with van der Waals surface area (Å²) in [5.74, 6) is -0.418. The predicted octanol–water partition coefficient (Wildman–Crippen LogP) is 1.68. The van der Waals surface area contributed by atoms with Gasteiger partial charge in [-0.3, -0.25) is 4.79 Å². The zero-order valence-corrected chi connectivity index (χ0v) is 16.8. The normalized spacial score (nSPS) is 15.9. The van der Waals surface area contributed by atoms with Crippen molar-refractivity contribution in [2.75, 3.05) is 19.0 Å². The van der Waals surface area contributed by atoms with E-state index in [1.54, 1.807) is 24.5 Å². The summed E-state index contributed by atoms with van der Waals surface area (Å²) in [7, 11) is 1.48. The third-order valence-corrected chi connectivity index (χ3v) is 4.12. The number of imidazole rings is 1. The van der Waals surface area contributed by atoms with Gasteiger partial charge in [-0.05, 0) is 30.5 Å². The quantitative estimate of drug-likeness (QED) is 0.400. The number of hydrogen-bond acceptors (Lipinski definition) is 7. The van der Waals surface area contributed by atoms with Crippen LogP contribution in [0.4, 0.5) is 5.69 Å². The minimum absolute atomic E-state index is 0.122. The van der Waals surface area contributed by atoms with Gasteiger partial charge in [-0.1, -0.05) is 25.9 Å². The lowest BCUT2D eigenvalue weighted by molar-refractivity contribution is -0.120. The van der Waals surface area contributed by atoms with Crippen LogP contribution in [0.15, 0.2) is 29.7 Å². The van der Waals surface area contributed by atoms with Crippen LogP contribution < -0.4 is 5.32 Å². The van der Waals surface area contributed by atoms with Gasteiger partial charge in [-0.25, -0.2) is 4.98 Å². The van der Waals surface area contributed by atoms with E-state index in [1.165, 1.54) is 14.0 Å². The Balaban J connectivity index is 2.05. The molecule has 1 aromatic heterocycles. The molecule has 0 unspecified atom stereocenters. The van der Waals surface area contributed by atoms with Gasteiger partial charge in [0.2, 0.25) is 0 Å². The molecule has 1 heterocycles. The molecule has 154 valence electrons. The number of nitrogens with one attached hydrogen (secondary N) is 2. The molecule has 1 amide bonds. The average Bonchev–Trinajstić information content (AvgIpc) is 3.06. The fourth-order valence-electron chi connectivity index (χ4n) is 2.80. The average molecular weight is 392 g/mol. The number of aromatic nitrogens is 2. The van der Waals surface area contributed by atoms with Gasteiger partial charge in [0.05, 0.1) is 23.5 Å². The molecule has 1 aromatic carbocycles. The maximum Gasteiger partial charge on any atom is 0.265 e. The van der Waals surface area contributed by atoms with Crippen molar-refractivity contribution in [2.45, 2.75) is 46.0 Å². The van der Waals surface area contributed by atoms with Gasteiger partial charge in [-0.2, -0.15) is 0 Å². The van der Waals surface area contributed by atoms with Crippen molar-refractivity contribution in [1.29, 1.82) is 0 Å². The zero-order valence-electron chi connectivity index (χ0n) is 16.8. The molecule has 28 heavy (non-hydrogen) atoms. The lowest BCUT2D eigenvalue weighted by Gasteiger charge is -2.32. The van der Waals surface area contributed by atoms with Crippen molar-refractivity contribution >= 4 is 28.3 Å². The number of rotatable bonds is 8. The van der Waals surface area contributed by atoms with Crippen LogP contribution in [0, 0.1) is 5.41 Å². The zero-order chi connectivity index (χ0) is 20.9. The Kier molecular flexibility index (Phi) is 7.11. The first kappa shape index (κ1) is 21.8. The number of H-pyrrole nitrogens is 1. The molecule has 2 aromatic rings. The van der Waals surface area contributed by atoms with E-state index in [-0.39, 0.29) is 12.3 Å². The number of carbonyl (C=O) groups is 1. The summed E-state index contributed by atoms with van der Waals surface area (Å²) in [5, 5.41) is 26.6. The number of amides is 1. The van der Waals surface area contributed by atoms with Crippen LogP contribution in [0.25, 0.3) is 11.0 Å². The van der Waals surface area contributed by atoms with E-state index in [0.717, 1.165) is 11.0 Å². The summed E-state index contributed by atoms with van der Waals surface area (Å²) < 4.78 is 5.44. The van der Waals surface area contributed by atoms with Gasteiger partial charge in [0, 0.05) is 12.8 Å². The van der Waals surface area contributed by atoms with Crippen molar-refractivity contribution in [3.05, 3.63) is 24.5 Å². The lowest BCUT2D eigenvalue weighted by atomic mass is 9.83. The molecule has 0 fully saturated rings. The number of benzene rings is 1. The van der Waals surface area contributed by atoms with Gasteiger partial charge in [-0.15, -0.1) is 0 Å². The first-order valence-corrected chi connectivity index (χ1v) is 8.95. The molecule has 0 radical (unpaired) electrons. The molecule has 9 nitrogen and oxygen atoms in total. The third kappa shape index (κ3) is 5.51. The standard InChI is InChI=1S/C19H28N4O5/c1-11(24)17(26)16(18(27-5)19(2,3)4)23-28-9-15(25)22-12-6-7-13-14(8-12)21-10-20-13/h6-8,10-11,17-18,24,26H,9H2,1-5H3,(H,20,21)(H,22,25)/b23-16+/t11-,17+,18-/m1/s1. The van der Waals surface area contributed by atoms with Crippen molar-refractivity contribution in [3.63, 3.8) is 0 Å². The van der Waals surface area contributed by atoms with Crippen LogP contribution in [0.2, 0.25) is 0 Å². The Morgan fingerprint density at radius 3 is 2.68 bits per heavy atom. The molecule has 0 saturated carbocycles. The summed E-state index contributed by atoms with van der Waals surface area (Å²) in [6.45, 7) is 6.79. The van der Waals surface area contributed by atoms with Crippen LogP contribution in [0.1, 0.15) is 27.7 Å². The first-order valence-electron chi connectivity index (χ1n) is 8.95. The molecule has 0 aliphatic heterocycles. The summed E-state index contributed by atoms with van der Waals surface area (Å²) in [4.78, 5) is 24.4. The molecule has 9 heteroatoms. The molecular weight excluding hydrogens is 364 g/mol.